The Balaban J connectivity index is 1.61. The lowest BCUT2D eigenvalue weighted by Gasteiger charge is -2.38. The zero-order chi connectivity index (χ0) is 17.4. The summed E-state index contributed by atoms with van der Waals surface area (Å²) in [6.07, 6.45) is 8.17. The minimum Gasteiger partial charge on any atom is -0.353 e. The first-order valence-electron chi connectivity index (χ1n) is 8.96. The van der Waals surface area contributed by atoms with Crippen molar-refractivity contribution in [1.29, 1.82) is 0 Å². The molecule has 7 heteroatoms. The van der Waals surface area contributed by atoms with Gasteiger partial charge in [-0.05, 0) is 31.0 Å². The van der Waals surface area contributed by atoms with Crippen LogP contribution in [0.5, 0.6) is 0 Å². The van der Waals surface area contributed by atoms with Crippen LogP contribution in [0.3, 0.4) is 0 Å². The van der Waals surface area contributed by atoms with Crippen LogP contribution in [0.15, 0.2) is 29.4 Å². The summed E-state index contributed by atoms with van der Waals surface area (Å²) < 4.78 is 23.8. The van der Waals surface area contributed by atoms with Crippen LogP contribution in [0.4, 0.5) is 5.82 Å². The summed E-state index contributed by atoms with van der Waals surface area (Å²) in [5.74, 6) is 0.849. The van der Waals surface area contributed by atoms with Gasteiger partial charge in [0.1, 0.15) is 12.1 Å². The van der Waals surface area contributed by atoms with E-state index in [0.29, 0.717) is 4.90 Å². The van der Waals surface area contributed by atoms with Gasteiger partial charge in [-0.3, -0.25) is 4.90 Å². The number of aromatic nitrogens is 2. The maximum absolute atomic E-state index is 11.9. The topological polar surface area (TPSA) is 66.4 Å². The van der Waals surface area contributed by atoms with Crippen molar-refractivity contribution < 1.29 is 8.42 Å². The van der Waals surface area contributed by atoms with Crippen LogP contribution < -0.4 is 4.90 Å². The molecule has 2 aromatic rings. The van der Waals surface area contributed by atoms with Crippen LogP contribution in [-0.4, -0.2) is 61.8 Å². The van der Waals surface area contributed by atoms with E-state index in [0.717, 1.165) is 48.9 Å². The highest BCUT2D eigenvalue weighted by molar-refractivity contribution is 7.90. The third kappa shape index (κ3) is 3.35. The maximum atomic E-state index is 11.9. The lowest BCUT2D eigenvalue weighted by Crippen LogP contribution is -2.50. The van der Waals surface area contributed by atoms with E-state index in [-0.39, 0.29) is 0 Å². The van der Waals surface area contributed by atoms with E-state index >= 15 is 0 Å². The molecule has 1 aliphatic carbocycles. The number of piperazine rings is 1. The molecule has 0 amide bonds. The summed E-state index contributed by atoms with van der Waals surface area (Å²) in [7, 11) is -3.24. The smallest absolute Gasteiger partial charge is 0.175 e. The lowest BCUT2D eigenvalue weighted by atomic mass is 10.1. The first-order chi connectivity index (χ1) is 12.0. The lowest BCUT2D eigenvalue weighted by molar-refractivity contribution is 0.187. The van der Waals surface area contributed by atoms with E-state index in [1.54, 1.807) is 24.5 Å². The number of hydrogen-bond acceptors (Lipinski definition) is 6. The van der Waals surface area contributed by atoms with E-state index in [1.807, 2.05) is 0 Å². The highest BCUT2D eigenvalue weighted by atomic mass is 32.2. The van der Waals surface area contributed by atoms with Crippen LogP contribution in [0.25, 0.3) is 10.9 Å². The number of sulfone groups is 1. The van der Waals surface area contributed by atoms with Crippen molar-refractivity contribution in [2.45, 2.75) is 36.6 Å². The van der Waals surface area contributed by atoms with Gasteiger partial charge in [0, 0.05) is 43.9 Å². The van der Waals surface area contributed by atoms with Gasteiger partial charge in [-0.25, -0.2) is 18.4 Å². The van der Waals surface area contributed by atoms with Gasteiger partial charge in [-0.15, -0.1) is 0 Å². The Hall–Kier alpha value is -1.73. The molecule has 4 rings (SSSR count). The van der Waals surface area contributed by atoms with Crippen LogP contribution >= 0.6 is 0 Å². The second-order valence-corrected chi connectivity index (χ2v) is 9.13. The molecule has 134 valence electrons. The van der Waals surface area contributed by atoms with Crippen molar-refractivity contribution in [2.24, 2.45) is 0 Å². The Morgan fingerprint density at radius 1 is 1.04 bits per heavy atom. The quantitative estimate of drug-likeness (QED) is 0.835. The Morgan fingerprint density at radius 3 is 2.44 bits per heavy atom. The SMILES string of the molecule is CS(=O)(=O)c1ccc2ncnc(N3CCN(C4CCCC4)CC3)c2c1. The first kappa shape index (κ1) is 16.7. The van der Waals surface area contributed by atoms with Gasteiger partial charge < -0.3 is 4.90 Å². The summed E-state index contributed by atoms with van der Waals surface area (Å²) in [6, 6.07) is 5.85. The molecule has 1 saturated heterocycles. The summed E-state index contributed by atoms with van der Waals surface area (Å²) >= 11 is 0. The molecular formula is C18H24N4O2S. The van der Waals surface area contributed by atoms with Gasteiger partial charge in [0.2, 0.25) is 0 Å². The number of benzene rings is 1. The molecule has 0 atom stereocenters. The van der Waals surface area contributed by atoms with E-state index in [4.69, 9.17) is 0 Å². The monoisotopic (exact) mass is 360 g/mol. The Morgan fingerprint density at radius 2 is 1.76 bits per heavy atom. The molecule has 6 nitrogen and oxygen atoms in total. The van der Waals surface area contributed by atoms with E-state index in [2.05, 4.69) is 19.8 Å². The predicted molar refractivity (Wildman–Crippen MR) is 98.7 cm³/mol. The third-order valence-corrected chi connectivity index (χ3v) is 6.58. The minimum absolute atomic E-state index is 0.320. The van der Waals surface area contributed by atoms with Gasteiger partial charge in [-0.2, -0.15) is 0 Å². The van der Waals surface area contributed by atoms with Crippen molar-refractivity contribution in [3.05, 3.63) is 24.5 Å². The van der Waals surface area contributed by atoms with Gasteiger partial charge >= 0.3 is 0 Å². The Kier molecular flexibility index (Phi) is 4.37. The molecule has 25 heavy (non-hydrogen) atoms. The highest BCUT2D eigenvalue weighted by Crippen LogP contribution is 2.28. The normalized spacial score (nSPS) is 20.4. The van der Waals surface area contributed by atoms with E-state index in [9.17, 15) is 8.42 Å². The molecule has 0 spiro atoms. The van der Waals surface area contributed by atoms with Crippen molar-refractivity contribution >= 4 is 26.6 Å². The molecular weight excluding hydrogens is 336 g/mol. The number of anilines is 1. The summed E-state index contributed by atoms with van der Waals surface area (Å²) in [4.78, 5) is 14.0. The molecule has 2 aliphatic rings. The molecule has 1 aromatic heterocycles. The van der Waals surface area contributed by atoms with Gasteiger partial charge in [0.15, 0.2) is 9.84 Å². The predicted octanol–water partition coefficient (Wildman–Crippen LogP) is 2.10. The molecule has 1 saturated carbocycles. The fraction of sp³-hybridized carbons (Fsp3) is 0.556. The Bertz CT molecular complexity index is 870. The molecule has 2 heterocycles. The highest BCUT2D eigenvalue weighted by Gasteiger charge is 2.27. The molecule has 2 fully saturated rings. The van der Waals surface area contributed by atoms with Crippen molar-refractivity contribution in [3.63, 3.8) is 0 Å². The zero-order valence-corrected chi connectivity index (χ0v) is 15.4. The number of rotatable bonds is 3. The van der Waals surface area contributed by atoms with Crippen molar-refractivity contribution in [3.8, 4) is 0 Å². The average Bonchev–Trinajstić information content (AvgIpc) is 3.15. The van der Waals surface area contributed by atoms with Crippen LogP contribution in [0.1, 0.15) is 25.7 Å². The Labute approximate surface area is 148 Å². The standard InChI is InChI=1S/C18H24N4O2S/c1-25(23,24)15-6-7-17-16(12-15)18(20-13-19-17)22-10-8-21(9-11-22)14-4-2-3-5-14/h6-7,12-14H,2-5,8-11H2,1H3. The number of fused-ring (bicyclic) bond motifs is 1. The van der Waals surface area contributed by atoms with Crippen molar-refractivity contribution in [1.82, 2.24) is 14.9 Å². The van der Waals surface area contributed by atoms with Crippen LogP contribution in [-0.2, 0) is 9.84 Å². The molecule has 0 N–H and O–H groups in total. The first-order valence-corrected chi connectivity index (χ1v) is 10.9. The van der Waals surface area contributed by atoms with Gasteiger partial charge in [0.05, 0.1) is 10.4 Å². The number of nitrogens with zero attached hydrogens (tertiary/aromatic N) is 4. The molecule has 1 aromatic carbocycles. The second kappa shape index (κ2) is 6.53. The van der Waals surface area contributed by atoms with Gasteiger partial charge in [0.25, 0.3) is 0 Å². The maximum Gasteiger partial charge on any atom is 0.175 e. The molecule has 0 radical (unpaired) electrons. The fourth-order valence-electron chi connectivity index (χ4n) is 4.07. The van der Waals surface area contributed by atoms with Gasteiger partial charge in [-0.1, -0.05) is 12.8 Å². The minimum atomic E-state index is -3.24. The average molecular weight is 360 g/mol. The van der Waals surface area contributed by atoms with Crippen LogP contribution in [0, 0.1) is 0 Å². The molecule has 0 bridgehead atoms. The zero-order valence-electron chi connectivity index (χ0n) is 14.6. The molecule has 1 aliphatic heterocycles. The van der Waals surface area contributed by atoms with Crippen LogP contribution in [0.2, 0.25) is 0 Å². The fourth-order valence-corrected chi connectivity index (χ4v) is 4.72. The summed E-state index contributed by atoms with van der Waals surface area (Å²) in [6.45, 7) is 3.93. The third-order valence-electron chi connectivity index (χ3n) is 5.47. The largest absolute Gasteiger partial charge is 0.353 e. The van der Waals surface area contributed by atoms with E-state index < -0.39 is 9.84 Å². The molecule has 0 unspecified atom stereocenters. The van der Waals surface area contributed by atoms with Crippen molar-refractivity contribution in [2.75, 3.05) is 37.3 Å². The second-order valence-electron chi connectivity index (χ2n) is 7.11. The number of hydrogen-bond donors (Lipinski definition) is 0. The summed E-state index contributed by atoms with van der Waals surface area (Å²) in [5.41, 5.74) is 0.788. The summed E-state index contributed by atoms with van der Waals surface area (Å²) in [5, 5.41) is 0.819. The van der Waals surface area contributed by atoms with E-state index in [1.165, 1.54) is 31.9 Å².